The van der Waals surface area contributed by atoms with Crippen molar-refractivity contribution in [2.75, 3.05) is 0 Å². The average molecular weight is 1020 g/mol. The zero-order valence-electron chi connectivity index (χ0n) is 42.1. The third-order valence-electron chi connectivity index (χ3n) is 14.4. The van der Waals surface area contributed by atoms with Crippen LogP contribution in [0, 0.1) is 0 Å². The Bertz CT molecular complexity index is 4670. The molecule has 0 atom stereocenters. The van der Waals surface area contributed by atoms with Crippen molar-refractivity contribution in [2.45, 2.75) is 0 Å². The van der Waals surface area contributed by atoms with Crippen LogP contribution in [-0.4, -0.2) is 49.2 Å². The summed E-state index contributed by atoms with van der Waals surface area (Å²) in [6.07, 6.45) is 0. The van der Waals surface area contributed by atoms with Crippen LogP contribution >= 0.6 is 0 Å². The monoisotopic (exact) mass is 1010 g/mol. The van der Waals surface area contributed by atoms with Gasteiger partial charge in [0.2, 0.25) is 11.8 Å². The first kappa shape index (κ1) is 45.4. The van der Waals surface area contributed by atoms with E-state index >= 15 is 0 Å². The molecular weight excluding hydrogens is 973 g/mol. The first-order chi connectivity index (χ1) is 39.1. The molecule has 15 aromatic rings. The van der Waals surface area contributed by atoms with Crippen LogP contribution in [0.5, 0.6) is 0 Å². The van der Waals surface area contributed by atoms with E-state index in [1.165, 1.54) is 0 Å². The minimum absolute atomic E-state index is 0.415. The molecule has 0 unspecified atom stereocenters. The van der Waals surface area contributed by atoms with Crippen molar-refractivity contribution in [3.05, 3.63) is 255 Å². The van der Waals surface area contributed by atoms with E-state index in [4.69, 9.17) is 34.3 Å². The number of para-hydroxylation sites is 2. The number of hydrogen-bond acceptors (Lipinski definition) is 9. The summed E-state index contributed by atoms with van der Waals surface area (Å²) in [5.74, 6) is 4.45. The Morgan fingerprint density at radius 3 is 1.04 bits per heavy atom. The van der Waals surface area contributed by atoms with Crippen LogP contribution in [0.2, 0.25) is 0 Å². The van der Waals surface area contributed by atoms with Gasteiger partial charge in [-0.1, -0.05) is 188 Å². The second-order valence-electron chi connectivity index (χ2n) is 19.3. The van der Waals surface area contributed by atoms with Crippen molar-refractivity contribution in [1.82, 2.24) is 49.2 Å². The lowest BCUT2D eigenvalue weighted by atomic mass is 10.1. The van der Waals surface area contributed by atoms with Gasteiger partial charge >= 0.3 is 0 Å². The van der Waals surface area contributed by atoms with Gasteiger partial charge < -0.3 is 13.6 Å². The number of fused-ring (bicyclic) bond motifs is 6. The van der Waals surface area contributed by atoms with E-state index in [0.717, 1.165) is 99.5 Å². The molecule has 0 aliphatic rings. The molecule has 0 amide bonds. The van der Waals surface area contributed by atoms with Gasteiger partial charge in [0.15, 0.2) is 34.9 Å². The summed E-state index contributed by atoms with van der Waals surface area (Å²) in [5.41, 5.74) is 13.1. The summed E-state index contributed by atoms with van der Waals surface area (Å²) in [6, 6.07) is 86.5. The second-order valence-corrected chi connectivity index (χ2v) is 19.3. The highest BCUT2D eigenvalue weighted by atomic mass is 16.4. The maximum atomic E-state index is 6.62. The van der Waals surface area contributed by atoms with Crippen LogP contribution in [0.4, 0.5) is 0 Å². The van der Waals surface area contributed by atoms with Crippen molar-refractivity contribution < 1.29 is 4.42 Å². The zero-order valence-corrected chi connectivity index (χ0v) is 42.1. The molecule has 0 bridgehead atoms. The van der Waals surface area contributed by atoms with Crippen LogP contribution in [0.25, 0.3) is 146 Å². The van der Waals surface area contributed by atoms with Crippen molar-refractivity contribution in [2.24, 2.45) is 0 Å². The maximum absolute atomic E-state index is 6.62. The van der Waals surface area contributed by atoms with E-state index in [-0.39, 0.29) is 0 Å². The van der Waals surface area contributed by atoms with E-state index in [9.17, 15) is 0 Å². The first-order valence-electron chi connectivity index (χ1n) is 26.0. The van der Waals surface area contributed by atoms with Gasteiger partial charge in [-0.25, -0.2) is 29.9 Å². The number of aromatic nitrogens is 10. The molecule has 0 radical (unpaired) electrons. The Kier molecular flexibility index (Phi) is 10.9. The molecule has 11 nitrogen and oxygen atoms in total. The minimum Gasteiger partial charge on any atom is -0.416 e. The van der Waals surface area contributed by atoms with Gasteiger partial charge in [0.05, 0.1) is 22.1 Å². The van der Waals surface area contributed by atoms with E-state index in [2.05, 4.69) is 153 Å². The Labute approximate surface area is 452 Å². The predicted molar refractivity (Wildman–Crippen MR) is 313 cm³/mol. The van der Waals surface area contributed by atoms with Crippen molar-refractivity contribution in [3.63, 3.8) is 0 Å². The van der Waals surface area contributed by atoms with Crippen LogP contribution < -0.4 is 0 Å². The van der Waals surface area contributed by atoms with E-state index in [1.807, 2.05) is 121 Å². The Morgan fingerprint density at radius 2 is 0.570 bits per heavy atom. The summed E-state index contributed by atoms with van der Waals surface area (Å²) in [7, 11) is 0. The highest BCUT2D eigenvalue weighted by Gasteiger charge is 2.21. The van der Waals surface area contributed by atoms with E-state index in [1.54, 1.807) is 0 Å². The highest BCUT2D eigenvalue weighted by molar-refractivity contribution is 6.11. The van der Waals surface area contributed by atoms with Crippen molar-refractivity contribution in [3.8, 4) is 103 Å². The molecule has 10 aromatic carbocycles. The lowest BCUT2D eigenvalue weighted by molar-refractivity contribution is 0.585. The van der Waals surface area contributed by atoms with Gasteiger partial charge in [0.25, 0.3) is 0 Å². The molecule has 79 heavy (non-hydrogen) atoms. The summed E-state index contributed by atoms with van der Waals surface area (Å²) >= 11 is 0. The molecule has 0 saturated heterocycles. The smallest absolute Gasteiger partial charge is 0.248 e. The molecule has 370 valence electrons. The van der Waals surface area contributed by atoms with Gasteiger partial charge in [-0.2, -0.15) is 0 Å². The predicted octanol–water partition coefficient (Wildman–Crippen LogP) is 16.0. The fraction of sp³-hybridized carbons (Fsp3) is 0. The Hall–Kier alpha value is -11.0. The number of benzene rings is 10. The largest absolute Gasteiger partial charge is 0.416 e. The molecule has 0 N–H and O–H groups in total. The van der Waals surface area contributed by atoms with Gasteiger partial charge in [-0.05, 0) is 66.7 Å². The topological polar surface area (TPSA) is 126 Å². The quantitative estimate of drug-likeness (QED) is 0.132. The van der Waals surface area contributed by atoms with Gasteiger partial charge in [0, 0.05) is 77.4 Å². The lowest BCUT2D eigenvalue weighted by Gasteiger charge is -2.12. The van der Waals surface area contributed by atoms with Crippen LogP contribution in [0.1, 0.15) is 0 Å². The summed E-state index contributed by atoms with van der Waals surface area (Å²) < 4.78 is 11.2. The molecular formula is C68H42N10O. The number of rotatable bonds is 10. The van der Waals surface area contributed by atoms with Crippen LogP contribution in [0.3, 0.4) is 0 Å². The normalized spacial score (nSPS) is 11.5. The molecule has 0 aliphatic heterocycles. The van der Waals surface area contributed by atoms with Gasteiger partial charge in [0.1, 0.15) is 0 Å². The van der Waals surface area contributed by atoms with Crippen LogP contribution in [-0.2, 0) is 0 Å². The Balaban J connectivity index is 0.791. The molecule has 5 heterocycles. The van der Waals surface area contributed by atoms with Crippen LogP contribution in [0.15, 0.2) is 259 Å². The first-order valence-corrected chi connectivity index (χ1v) is 26.0. The minimum atomic E-state index is 0.415. The number of nitrogens with zero attached hydrogens (tertiary/aromatic N) is 10. The molecule has 15 rings (SSSR count). The fourth-order valence-corrected chi connectivity index (χ4v) is 10.7. The van der Waals surface area contributed by atoms with Gasteiger partial charge in [-0.3, -0.25) is 0 Å². The second kappa shape index (κ2) is 19.0. The summed E-state index contributed by atoms with van der Waals surface area (Å²) in [4.78, 5) is 30.0. The summed E-state index contributed by atoms with van der Waals surface area (Å²) in [5, 5.41) is 13.7. The maximum Gasteiger partial charge on any atom is 0.248 e. The van der Waals surface area contributed by atoms with E-state index < -0.39 is 0 Å². The van der Waals surface area contributed by atoms with Crippen molar-refractivity contribution >= 4 is 43.6 Å². The zero-order chi connectivity index (χ0) is 52.2. The molecule has 0 aliphatic carbocycles. The van der Waals surface area contributed by atoms with Crippen molar-refractivity contribution in [1.29, 1.82) is 0 Å². The molecule has 5 aromatic heterocycles. The molecule has 0 fully saturated rings. The highest BCUT2D eigenvalue weighted by Crippen LogP contribution is 2.39. The van der Waals surface area contributed by atoms with E-state index in [0.29, 0.717) is 46.7 Å². The SMILES string of the molecule is c1ccc(-c2nc(-c3ccccc3)nc(-c3cccc(-n4c5ccccc5c5cc(-c6nnc(-c7ccc8c9ccccc9n(-c9cccc(-c%10nc(-c%11ccccc%11)nc(-c%11ccccc%11)n%10)c9)c8c7)o6)ccc54)c3)n2)cc1. The molecule has 0 spiro atoms. The lowest BCUT2D eigenvalue weighted by Crippen LogP contribution is -2.01. The Morgan fingerprint density at radius 1 is 0.228 bits per heavy atom. The fourth-order valence-electron chi connectivity index (χ4n) is 10.7. The van der Waals surface area contributed by atoms with Gasteiger partial charge in [-0.15, -0.1) is 10.2 Å². The standard InChI is InChI=1S/C68H42N10O/c1-5-19-43(20-6-1)61-69-62(44-21-7-2-8-22-44)72-65(71-61)47-27-17-29-51(39-47)77-58-34-16-14-32-54(58)56-41-49(36-38-59(56)77)67-75-76-68(79-67)50-35-37-55-53-31-13-15-33-57(53)78(60(55)42-50)52-30-18-28-48(40-52)66-73-63(45-23-9-3-10-24-45)70-64(74-66)46-25-11-4-12-26-46/h1-42H. The number of hydrogen-bond donors (Lipinski definition) is 0. The molecule has 11 heteroatoms. The third kappa shape index (κ3) is 8.17. The summed E-state index contributed by atoms with van der Waals surface area (Å²) in [6.45, 7) is 0. The average Bonchev–Trinajstić information content (AvgIpc) is 4.35. The molecule has 0 saturated carbocycles. The third-order valence-corrected chi connectivity index (χ3v) is 14.4.